The van der Waals surface area contributed by atoms with Crippen LogP contribution < -0.4 is 5.32 Å². The molecule has 0 radical (unpaired) electrons. The van der Waals surface area contributed by atoms with Crippen molar-refractivity contribution in [3.63, 3.8) is 0 Å². The molecule has 0 unspecified atom stereocenters. The van der Waals surface area contributed by atoms with Crippen molar-refractivity contribution in [1.82, 2.24) is 4.90 Å². The number of benzene rings is 1. The number of halogens is 1. The molecule has 1 N–H and O–H groups in total. The molecule has 2 nitrogen and oxygen atoms in total. The summed E-state index contributed by atoms with van der Waals surface area (Å²) in [7, 11) is 0. The number of hydrogen-bond donors (Lipinski definition) is 1. The molecule has 1 saturated heterocycles. The molecule has 1 heterocycles. The summed E-state index contributed by atoms with van der Waals surface area (Å²) in [5, 5.41) is 3.49. The number of nitrogens with one attached hydrogen (secondary N) is 1. The van der Waals surface area contributed by atoms with Crippen molar-refractivity contribution < 1.29 is 0 Å². The molecule has 2 rings (SSSR count). The quantitative estimate of drug-likeness (QED) is 0.912. The molecule has 0 aromatic heterocycles. The van der Waals surface area contributed by atoms with Gasteiger partial charge in [-0.25, -0.2) is 0 Å². The van der Waals surface area contributed by atoms with E-state index in [4.69, 9.17) is 0 Å². The molecule has 16 heavy (non-hydrogen) atoms. The average Bonchev–Trinajstić information content (AvgIpc) is 2.76. The van der Waals surface area contributed by atoms with Crippen LogP contribution in [0.4, 0.5) is 5.69 Å². The van der Waals surface area contributed by atoms with E-state index in [0.717, 1.165) is 17.6 Å². The summed E-state index contributed by atoms with van der Waals surface area (Å²) in [6.45, 7) is 6.86. The van der Waals surface area contributed by atoms with Crippen molar-refractivity contribution in [2.24, 2.45) is 0 Å². The molecule has 3 heteroatoms. The minimum absolute atomic E-state index is 1.03. The molecule has 1 fully saturated rings. The number of rotatable bonds is 4. The molecule has 0 saturated carbocycles. The van der Waals surface area contributed by atoms with Gasteiger partial charge in [-0.15, -0.1) is 0 Å². The predicted octanol–water partition coefficient (Wildman–Crippen LogP) is 3.27. The first-order chi connectivity index (χ1) is 7.75. The Morgan fingerprint density at radius 1 is 1.31 bits per heavy atom. The fourth-order valence-corrected chi connectivity index (χ4v) is 2.52. The fourth-order valence-electron chi connectivity index (χ4n) is 2.13. The highest BCUT2D eigenvalue weighted by atomic mass is 79.9. The number of anilines is 1. The van der Waals surface area contributed by atoms with Gasteiger partial charge in [-0.1, -0.05) is 6.07 Å². The molecule has 1 aromatic rings. The molecule has 0 atom stereocenters. The Bertz CT molecular complexity index is 346. The average molecular weight is 283 g/mol. The lowest BCUT2D eigenvalue weighted by molar-refractivity contribution is 0.352. The number of nitrogens with zero attached hydrogens (tertiary/aromatic N) is 1. The Kier molecular flexibility index (Phi) is 4.24. The van der Waals surface area contributed by atoms with Crippen LogP contribution in [-0.2, 0) is 0 Å². The lowest BCUT2D eigenvalue weighted by Crippen LogP contribution is -2.26. The molecule has 1 aliphatic rings. The lowest BCUT2D eigenvalue weighted by atomic mass is 10.2. The Labute approximate surface area is 106 Å². The van der Waals surface area contributed by atoms with Gasteiger partial charge < -0.3 is 10.2 Å². The maximum atomic E-state index is 3.57. The smallest absolute Gasteiger partial charge is 0.0487 e. The maximum Gasteiger partial charge on any atom is 0.0487 e. The Balaban J connectivity index is 1.82. The molecule has 88 valence electrons. The third kappa shape index (κ3) is 3.22. The molecule has 0 bridgehead atoms. The highest BCUT2D eigenvalue weighted by Crippen LogP contribution is 2.23. The van der Waals surface area contributed by atoms with Gasteiger partial charge in [0, 0.05) is 23.2 Å². The second-order valence-electron chi connectivity index (χ2n) is 4.46. The van der Waals surface area contributed by atoms with Gasteiger partial charge in [-0.3, -0.25) is 0 Å². The maximum absolute atomic E-state index is 3.57. The molecule has 1 aromatic carbocycles. The Hall–Kier alpha value is -0.540. The molecule has 0 aliphatic carbocycles. The van der Waals surface area contributed by atoms with E-state index in [1.807, 2.05) is 0 Å². The highest BCUT2D eigenvalue weighted by molar-refractivity contribution is 9.10. The number of hydrogen-bond acceptors (Lipinski definition) is 2. The van der Waals surface area contributed by atoms with Gasteiger partial charge in [0.25, 0.3) is 0 Å². The van der Waals surface area contributed by atoms with Crippen LogP contribution in [0.2, 0.25) is 0 Å². The van der Waals surface area contributed by atoms with Crippen LogP contribution in [-0.4, -0.2) is 31.1 Å². The van der Waals surface area contributed by atoms with E-state index in [1.54, 1.807) is 0 Å². The minimum Gasteiger partial charge on any atom is -0.383 e. The molecule has 0 amide bonds. The van der Waals surface area contributed by atoms with E-state index < -0.39 is 0 Å². The van der Waals surface area contributed by atoms with E-state index in [0.29, 0.717) is 0 Å². The van der Waals surface area contributed by atoms with Crippen molar-refractivity contribution in [2.75, 3.05) is 31.5 Å². The first-order valence-corrected chi connectivity index (χ1v) is 6.77. The zero-order valence-corrected chi connectivity index (χ0v) is 11.4. The zero-order chi connectivity index (χ0) is 11.4. The molecule has 1 aliphatic heterocycles. The molecular weight excluding hydrogens is 264 g/mol. The topological polar surface area (TPSA) is 15.3 Å². The monoisotopic (exact) mass is 282 g/mol. The van der Waals surface area contributed by atoms with Crippen molar-refractivity contribution in [3.8, 4) is 0 Å². The first-order valence-electron chi connectivity index (χ1n) is 5.98. The van der Waals surface area contributed by atoms with Crippen LogP contribution in [0.3, 0.4) is 0 Å². The van der Waals surface area contributed by atoms with Crippen molar-refractivity contribution in [2.45, 2.75) is 19.8 Å². The summed E-state index contributed by atoms with van der Waals surface area (Å²) < 4.78 is 1.15. The molecule has 0 spiro atoms. The van der Waals surface area contributed by atoms with Gasteiger partial charge in [0.15, 0.2) is 0 Å². The summed E-state index contributed by atoms with van der Waals surface area (Å²) >= 11 is 3.57. The minimum atomic E-state index is 1.03. The number of aryl methyl sites for hydroxylation is 1. The standard InChI is InChI=1S/C13H19BrN2/c1-11-4-5-12(14)13(10-11)15-6-9-16-7-2-3-8-16/h4-5,10,15H,2-3,6-9H2,1H3. The van der Waals surface area contributed by atoms with E-state index in [1.165, 1.54) is 37.2 Å². The van der Waals surface area contributed by atoms with E-state index in [-0.39, 0.29) is 0 Å². The molecular formula is C13H19BrN2. The fraction of sp³-hybridized carbons (Fsp3) is 0.538. The van der Waals surface area contributed by atoms with Gasteiger partial charge in [0.05, 0.1) is 0 Å². The van der Waals surface area contributed by atoms with Crippen LogP contribution in [0.15, 0.2) is 22.7 Å². The third-order valence-corrected chi connectivity index (χ3v) is 3.76. The summed E-state index contributed by atoms with van der Waals surface area (Å²) in [6.07, 6.45) is 2.74. The van der Waals surface area contributed by atoms with Gasteiger partial charge in [0.1, 0.15) is 0 Å². The van der Waals surface area contributed by atoms with Crippen LogP contribution in [0.1, 0.15) is 18.4 Å². The second kappa shape index (κ2) is 5.69. The van der Waals surface area contributed by atoms with Crippen LogP contribution >= 0.6 is 15.9 Å². The summed E-state index contributed by atoms with van der Waals surface area (Å²) in [6, 6.07) is 6.41. The van der Waals surface area contributed by atoms with E-state index in [2.05, 4.69) is 51.3 Å². The van der Waals surface area contributed by atoms with Crippen molar-refractivity contribution >= 4 is 21.6 Å². The summed E-state index contributed by atoms with van der Waals surface area (Å²) in [5.41, 5.74) is 2.51. The number of likely N-dealkylation sites (tertiary alicyclic amines) is 1. The first kappa shape index (κ1) is 11.9. The van der Waals surface area contributed by atoms with Crippen molar-refractivity contribution in [3.05, 3.63) is 28.2 Å². The third-order valence-electron chi connectivity index (χ3n) is 3.06. The van der Waals surface area contributed by atoms with Gasteiger partial charge in [-0.2, -0.15) is 0 Å². The normalized spacial score (nSPS) is 16.6. The lowest BCUT2D eigenvalue weighted by Gasteiger charge is -2.16. The largest absolute Gasteiger partial charge is 0.383 e. The Morgan fingerprint density at radius 2 is 2.06 bits per heavy atom. The van der Waals surface area contributed by atoms with Crippen molar-refractivity contribution in [1.29, 1.82) is 0 Å². The summed E-state index contributed by atoms with van der Waals surface area (Å²) in [5.74, 6) is 0. The van der Waals surface area contributed by atoms with Crippen LogP contribution in [0, 0.1) is 6.92 Å². The van der Waals surface area contributed by atoms with Gasteiger partial charge in [-0.05, 0) is 66.5 Å². The highest BCUT2D eigenvalue weighted by Gasteiger charge is 2.10. The SMILES string of the molecule is Cc1ccc(Br)c(NCCN2CCCC2)c1. The Morgan fingerprint density at radius 3 is 2.81 bits per heavy atom. The predicted molar refractivity (Wildman–Crippen MR) is 73.0 cm³/mol. The van der Waals surface area contributed by atoms with Crippen LogP contribution in [0.5, 0.6) is 0 Å². The van der Waals surface area contributed by atoms with E-state index >= 15 is 0 Å². The zero-order valence-electron chi connectivity index (χ0n) is 9.80. The van der Waals surface area contributed by atoms with Gasteiger partial charge >= 0.3 is 0 Å². The van der Waals surface area contributed by atoms with Crippen LogP contribution in [0.25, 0.3) is 0 Å². The second-order valence-corrected chi connectivity index (χ2v) is 5.31. The summed E-state index contributed by atoms with van der Waals surface area (Å²) in [4.78, 5) is 2.52. The van der Waals surface area contributed by atoms with Gasteiger partial charge in [0.2, 0.25) is 0 Å². The van der Waals surface area contributed by atoms with E-state index in [9.17, 15) is 0 Å².